The van der Waals surface area contributed by atoms with Crippen molar-refractivity contribution >= 4 is 29.3 Å². The lowest BCUT2D eigenvalue weighted by molar-refractivity contribution is -0.139. The predicted molar refractivity (Wildman–Crippen MR) is 127 cm³/mol. The smallest absolute Gasteiger partial charge is 0.338 e. The first kappa shape index (κ1) is 25.0. The van der Waals surface area contributed by atoms with Gasteiger partial charge in [0.1, 0.15) is 5.75 Å². The Labute approximate surface area is 199 Å². The van der Waals surface area contributed by atoms with Crippen LogP contribution in [0.25, 0.3) is 0 Å². The molecule has 1 fully saturated rings. The van der Waals surface area contributed by atoms with Crippen molar-refractivity contribution in [2.45, 2.75) is 52.1 Å². The number of ketones is 1. The summed E-state index contributed by atoms with van der Waals surface area (Å²) < 4.78 is 10.7. The molecule has 180 valence electrons. The molecule has 2 atom stereocenters. The van der Waals surface area contributed by atoms with Crippen LogP contribution in [0.3, 0.4) is 0 Å². The number of hydrogen-bond acceptors (Lipinski definition) is 6. The number of ether oxygens (including phenoxy) is 2. The number of Topliss-reactive ketones (excluding diaryl/α,β-unsaturated/α-hetero) is 1. The molecule has 1 aliphatic heterocycles. The number of nitrogens with one attached hydrogen (secondary N) is 1. The molecule has 2 aromatic rings. The number of nitrogens with zero attached hydrogens (tertiary/aromatic N) is 1. The molecule has 1 N–H and O–H groups in total. The number of hydrogen-bond donors (Lipinski definition) is 1. The Hall–Kier alpha value is -3.68. The van der Waals surface area contributed by atoms with E-state index in [-0.39, 0.29) is 41.9 Å². The van der Waals surface area contributed by atoms with Gasteiger partial charge in [-0.3, -0.25) is 14.4 Å². The minimum absolute atomic E-state index is 0.0493. The summed E-state index contributed by atoms with van der Waals surface area (Å²) in [7, 11) is 0. The lowest BCUT2D eigenvalue weighted by Gasteiger charge is -2.38. The van der Waals surface area contributed by atoms with Gasteiger partial charge in [-0.15, -0.1) is 0 Å². The Morgan fingerprint density at radius 3 is 2.06 bits per heavy atom. The Morgan fingerprint density at radius 2 is 1.47 bits per heavy atom. The van der Waals surface area contributed by atoms with Crippen LogP contribution in [0.15, 0.2) is 48.5 Å². The van der Waals surface area contributed by atoms with Gasteiger partial charge in [-0.1, -0.05) is 0 Å². The average molecular weight is 467 g/mol. The van der Waals surface area contributed by atoms with Gasteiger partial charge in [0.2, 0.25) is 5.91 Å². The van der Waals surface area contributed by atoms with Crippen LogP contribution >= 0.6 is 0 Å². The van der Waals surface area contributed by atoms with E-state index in [0.717, 1.165) is 19.3 Å². The van der Waals surface area contributed by atoms with Crippen molar-refractivity contribution in [3.05, 3.63) is 59.7 Å². The summed E-state index contributed by atoms with van der Waals surface area (Å²) >= 11 is 0. The normalized spacial score (nSPS) is 17.6. The summed E-state index contributed by atoms with van der Waals surface area (Å²) in [5.74, 6) is -0.782. The van der Waals surface area contributed by atoms with Gasteiger partial charge >= 0.3 is 5.97 Å². The molecule has 1 aliphatic rings. The number of carbonyl (C=O) groups excluding carboxylic acids is 4. The summed E-state index contributed by atoms with van der Waals surface area (Å²) in [6.45, 7) is 5.04. The molecule has 8 nitrogen and oxygen atoms in total. The molecule has 0 bridgehead atoms. The van der Waals surface area contributed by atoms with Crippen molar-refractivity contribution < 1.29 is 28.7 Å². The molecule has 2 aromatic carbocycles. The molecular weight excluding hydrogens is 436 g/mol. The Kier molecular flexibility index (Phi) is 8.40. The number of anilines is 1. The zero-order valence-electron chi connectivity index (χ0n) is 19.7. The van der Waals surface area contributed by atoms with Gasteiger partial charge < -0.3 is 19.7 Å². The van der Waals surface area contributed by atoms with Gasteiger partial charge in [0.05, 0.1) is 5.56 Å². The van der Waals surface area contributed by atoms with Gasteiger partial charge in [0.15, 0.2) is 19.0 Å². The zero-order valence-corrected chi connectivity index (χ0v) is 19.7. The maximum atomic E-state index is 12.6. The molecule has 8 heteroatoms. The SMILES string of the molecule is CC(=O)Nc1ccc(C(=O)COC(=O)c2ccc(OCC(=O)N3C(C)CCCC3C)cc2)cc1. The van der Waals surface area contributed by atoms with E-state index < -0.39 is 12.6 Å². The van der Waals surface area contributed by atoms with Crippen LogP contribution < -0.4 is 10.1 Å². The van der Waals surface area contributed by atoms with Gasteiger partial charge in [-0.25, -0.2) is 4.79 Å². The fraction of sp³-hybridized carbons (Fsp3) is 0.385. The van der Waals surface area contributed by atoms with Crippen LogP contribution in [0.4, 0.5) is 5.69 Å². The first-order valence-electron chi connectivity index (χ1n) is 11.4. The number of piperidine rings is 1. The fourth-order valence-corrected chi connectivity index (χ4v) is 4.06. The van der Waals surface area contributed by atoms with E-state index in [4.69, 9.17) is 9.47 Å². The van der Waals surface area contributed by atoms with Crippen molar-refractivity contribution in [2.75, 3.05) is 18.5 Å². The minimum atomic E-state index is -0.637. The van der Waals surface area contributed by atoms with E-state index >= 15 is 0 Å². The molecular formula is C26H30N2O6. The standard InChI is InChI=1S/C26H30N2O6/c1-17-5-4-6-18(2)28(17)25(31)16-33-23-13-9-21(10-14-23)26(32)34-15-24(30)20-7-11-22(12-8-20)27-19(3)29/h7-14,17-18H,4-6,15-16H2,1-3H3,(H,27,29). The molecule has 0 spiro atoms. The van der Waals surface area contributed by atoms with Crippen LogP contribution in [0, 0.1) is 0 Å². The summed E-state index contributed by atoms with van der Waals surface area (Å²) in [6.07, 6.45) is 3.12. The quantitative estimate of drug-likeness (QED) is 0.468. The van der Waals surface area contributed by atoms with Gasteiger partial charge in [0, 0.05) is 30.3 Å². The lowest BCUT2D eigenvalue weighted by atomic mass is 9.97. The number of esters is 1. The second-order valence-electron chi connectivity index (χ2n) is 8.50. The molecule has 0 aromatic heterocycles. The topological polar surface area (TPSA) is 102 Å². The van der Waals surface area contributed by atoms with E-state index in [1.54, 1.807) is 36.4 Å². The Balaban J connectivity index is 1.47. The van der Waals surface area contributed by atoms with Crippen LogP contribution in [0.5, 0.6) is 5.75 Å². The van der Waals surface area contributed by atoms with E-state index in [1.165, 1.54) is 19.1 Å². The summed E-state index contributed by atoms with van der Waals surface area (Å²) in [6, 6.07) is 13.0. The largest absolute Gasteiger partial charge is 0.484 e. The molecule has 0 radical (unpaired) electrons. The highest BCUT2D eigenvalue weighted by atomic mass is 16.5. The molecule has 1 heterocycles. The molecule has 0 saturated carbocycles. The van der Waals surface area contributed by atoms with E-state index in [9.17, 15) is 19.2 Å². The van der Waals surface area contributed by atoms with Crippen LogP contribution in [-0.4, -0.2) is 53.8 Å². The highest BCUT2D eigenvalue weighted by Crippen LogP contribution is 2.23. The zero-order chi connectivity index (χ0) is 24.7. The van der Waals surface area contributed by atoms with Gasteiger partial charge in [-0.05, 0) is 81.6 Å². The van der Waals surface area contributed by atoms with Crippen molar-refractivity contribution in [3.63, 3.8) is 0 Å². The third kappa shape index (κ3) is 6.66. The second kappa shape index (κ2) is 11.4. The first-order valence-corrected chi connectivity index (χ1v) is 11.4. The third-order valence-electron chi connectivity index (χ3n) is 5.80. The predicted octanol–water partition coefficient (Wildman–Crippen LogP) is 3.85. The van der Waals surface area contributed by atoms with Crippen LogP contribution in [0.1, 0.15) is 60.7 Å². The van der Waals surface area contributed by atoms with E-state index in [2.05, 4.69) is 19.2 Å². The second-order valence-corrected chi connectivity index (χ2v) is 8.50. The summed E-state index contributed by atoms with van der Waals surface area (Å²) in [5, 5.41) is 2.62. The lowest BCUT2D eigenvalue weighted by Crippen LogP contribution is -2.49. The highest BCUT2D eigenvalue weighted by Gasteiger charge is 2.29. The number of benzene rings is 2. The molecule has 2 unspecified atom stereocenters. The van der Waals surface area contributed by atoms with Gasteiger partial charge in [-0.2, -0.15) is 0 Å². The number of rotatable bonds is 8. The molecule has 34 heavy (non-hydrogen) atoms. The maximum absolute atomic E-state index is 12.6. The Bertz CT molecular complexity index is 1020. The van der Waals surface area contributed by atoms with Crippen molar-refractivity contribution in [1.82, 2.24) is 4.90 Å². The monoisotopic (exact) mass is 466 g/mol. The van der Waals surface area contributed by atoms with Gasteiger partial charge in [0.25, 0.3) is 5.91 Å². The fourth-order valence-electron chi connectivity index (χ4n) is 4.06. The molecule has 3 rings (SSSR count). The van der Waals surface area contributed by atoms with Crippen molar-refractivity contribution in [2.24, 2.45) is 0 Å². The van der Waals surface area contributed by atoms with Crippen LogP contribution in [0.2, 0.25) is 0 Å². The third-order valence-corrected chi connectivity index (χ3v) is 5.80. The van der Waals surface area contributed by atoms with Crippen molar-refractivity contribution in [3.8, 4) is 5.75 Å². The van der Waals surface area contributed by atoms with E-state index in [0.29, 0.717) is 17.0 Å². The number of carbonyl (C=O) groups is 4. The number of likely N-dealkylation sites (tertiary alicyclic amines) is 1. The molecule has 2 amide bonds. The maximum Gasteiger partial charge on any atom is 0.338 e. The molecule has 1 saturated heterocycles. The first-order chi connectivity index (χ1) is 16.2. The Morgan fingerprint density at radius 1 is 0.882 bits per heavy atom. The average Bonchev–Trinajstić information content (AvgIpc) is 2.81. The summed E-state index contributed by atoms with van der Waals surface area (Å²) in [4.78, 5) is 50.1. The highest BCUT2D eigenvalue weighted by molar-refractivity contribution is 6.00. The van der Waals surface area contributed by atoms with E-state index in [1.807, 2.05) is 4.90 Å². The minimum Gasteiger partial charge on any atom is -0.484 e. The summed E-state index contributed by atoms with van der Waals surface area (Å²) in [5.41, 5.74) is 1.21. The molecule has 0 aliphatic carbocycles. The number of amides is 2. The van der Waals surface area contributed by atoms with Crippen molar-refractivity contribution in [1.29, 1.82) is 0 Å². The van der Waals surface area contributed by atoms with Crippen LogP contribution in [-0.2, 0) is 14.3 Å².